The summed E-state index contributed by atoms with van der Waals surface area (Å²) in [4.78, 5) is 28.1. The largest absolute Gasteiger partial charge is 0.434 e. The van der Waals surface area contributed by atoms with Crippen LogP contribution in [-0.4, -0.2) is 70.3 Å². The lowest BCUT2D eigenvalue weighted by atomic mass is 9.98. The molecule has 2 saturated heterocycles. The van der Waals surface area contributed by atoms with Crippen molar-refractivity contribution in [3.63, 3.8) is 0 Å². The molecule has 2 fully saturated rings. The third-order valence-electron chi connectivity index (χ3n) is 5.54. The predicted molar refractivity (Wildman–Crippen MR) is 114 cm³/mol. The van der Waals surface area contributed by atoms with Crippen LogP contribution in [-0.2, 0) is 6.42 Å². The van der Waals surface area contributed by atoms with Crippen molar-refractivity contribution in [1.29, 1.82) is 0 Å². The molecule has 1 atom stereocenters. The molecular formula is C20H27N5O3S. The second-order valence-corrected chi connectivity index (χ2v) is 8.79. The van der Waals surface area contributed by atoms with Gasteiger partial charge in [-0.2, -0.15) is 11.8 Å². The standard InChI is InChI=1S/C20H27N5O3S/c26-19(25-8-1-2-16(14-25)18-22-23-20(27)28-18)21-17-5-3-15(4-6-17)7-9-24-10-12-29-13-11-24/h3-6,16H,1-2,7-14H2,(H,21,26)(H,23,27). The average Bonchev–Trinajstić information content (AvgIpc) is 3.20. The molecule has 0 radical (unpaired) electrons. The summed E-state index contributed by atoms with van der Waals surface area (Å²) in [5, 5.41) is 9.18. The molecule has 1 unspecified atom stereocenters. The average molecular weight is 418 g/mol. The fourth-order valence-electron chi connectivity index (χ4n) is 3.85. The molecule has 1 aromatic carbocycles. The molecule has 0 spiro atoms. The normalized spacial score (nSPS) is 20.6. The number of rotatable bonds is 5. The van der Waals surface area contributed by atoms with Crippen LogP contribution >= 0.6 is 11.8 Å². The number of aromatic amines is 1. The van der Waals surface area contributed by atoms with E-state index in [1.165, 1.54) is 30.2 Å². The molecule has 2 N–H and O–H groups in total. The number of carbonyl (C=O) groups excluding carboxylic acids is 1. The number of nitrogens with one attached hydrogen (secondary N) is 2. The molecule has 3 heterocycles. The third-order valence-corrected chi connectivity index (χ3v) is 6.48. The second kappa shape index (κ2) is 9.49. The Labute approximate surface area is 174 Å². The first kappa shape index (κ1) is 20.0. The Balaban J connectivity index is 1.28. The zero-order valence-electron chi connectivity index (χ0n) is 16.4. The second-order valence-electron chi connectivity index (χ2n) is 7.57. The van der Waals surface area contributed by atoms with Gasteiger partial charge in [-0.25, -0.2) is 14.7 Å². The molecule has 29 heavy (non-hydrogen) atoms. The topological polar surface area (TPSA) is 94.5 Å². The lowest BCUT2D eigenvalue weighted by molar-refractivity contribution is 0.186. The number of anilines is 1. The van der Waals surface area contributed by atoms with Gasteiger partial charge >= 0.3 is 11.8 Å². The molecule has 2 aromatic rings. The number of aromatic nitrogens is 2. The molecule has 2 aliphatic heterocycles. The van der Waals surface area contributed by atoms with Crippen molar-refractivity contribution in [1.82, 2.24) is 20.0 Å². The monoisotopic (exact) mass is 417 g/mol. The highest BCUT2D eigenvalue weighted by molar-refractivity contribution is 7.99. The zero-order chi connectivity index (χ0) is 20.1. The predicted octanol–water partition coefficient (Wildman–Crippen LogP) is 2.37. The van der Waals surface area contributed by atoms with Gasteiger partial charge < -0.3 is 19.5 Å². The van der Waals surface area contributed by atoms with Crippen LogP contribution in [0.25, 0.3) is 0 Å². The molecule has 156 valence electrons. The molecule has 0 aliphatic carbocycles. The minimum atomic E-state index is -0.555. The van der Waals surface area contributed by atoms with Crippen LogP contribution in [0, 0.1) is 0 Å². The van der Waals surface area contributed by atoms with E-state index in [1.54, 1.807) is 4.90 Å². The van der Waals surface area contributed by atoms with Gasteiger partial charge in [0.1, 0.15) is 0 Å². The number of thioether (sulfide) groups is 1. The highest BCUT2D eigenvalue weighted by atomic mass is 32.2. The van der Waals surface area contributed by atoms with Gasteiger partial charge in [0.05, 0.1) is 5.92 Å². The van der Waals surface area contributed by atoms with E-state index in [4.69, 9.17) is 4.42 Å². The Morgan fingerprint density at radius 1 is 1.24 bits per heavy atom. The van der Waals surface area contributed by atoms with Crippen LogP contribution in [0.4, 0.5) is 10.5 Å². The number of amides is 2. The first-order valence-electron chi connectivity index (χ1n) is 10.2. The summed E-state index contributed by atoms with van der Waals surface area (Å²) >= 11 is 2.03. The number of benzene rings is 1. The van der Waals surface area contributed by atoms with Crippen molar-refractivity contribution in [3.05, 3.63) is 46.3 Å². The van der Waals surface area contributed by atoms with Crippen molar-refractivity contribution < 1.29 is 9.21 Å². The number of likely N-dealkylation sites (tertiary alicyclic amines) is 1. The highest BCUT2D eigenvalue weighted by Crippen LogP contribution is 2.25. The molecular weight excluding hydrogens is 390 g/mol. The highest BCUT2D eigenvalue weighted by Gasteiger charge is 2.28. The summed E-state index contributed by atoms with van der Waals surface area (Å²) in [5.41, 5.74) is 2.08. The van der Waals surface area contributed by atoms with Gasteiger partial charge in [0, 0.05) is 49.9 Å². The van der Waals surface area contributed by atoms with Gasteiger partial charge in [0.25, 0.3) is 0 Å². The number of H-pyrrole nitrogens is 1. The Bertz CT molecular complexity index is 860. The van der Waals surface area contributed by atoms with E-state index >= 15 is 0 Å². The minimum Gasteiger partial charge on any atom is -0.392 e. The lowest BCUT2D eigenvalue weighted by Gasteiger charge is -2.31. The Kier molecular flexibility index (Phi) is 6.56. The summed E-state index contributed by atoms with van der Waals surface area (Å²) in [5.74, 6) is 2.23. The Hall–Kier alpha value is -2.26. The van der Waals surface area contributed by atoms with Crippen LogP contribution in [0.1, 0.15) is 30.2 Å². The van der Waals surface area contributed by atoms with Crippen LogP contribution in [0.2, 0.25) is 0 Å². The minimum absolute atomic E-state index is 0.0518. The number of piperidine rings is 1. The van der Waals surface area contributed by atoms with Gasteiger partial charge in [0.15, 0.2) is 0 Å². The maximum Gasteiger partial charge on any atom is 0.434 e. The fraction of sp³-hybridized carbons (Fsp3) is 0.550. The molecule has 0 saturated carbocycles. The summed E-state index contributed by atoms with van der Waals surface area (Å²) in [6.07, 6.45) is 2.73. The van der Waals surface area contributed by atoms with Gasteiger partial charge in [-0.1, -0.05) is 12.1 Å². The molecule has 1 aromatic heterocycles. The van der Waals surface area contributed by atoms with Crippen LogP contribution < -0.4 is 11.1 Å². The number of hydrogen-bond acceptors (Lipinski definition) is 6. The Morgan fingerprint density at radius 3 is 2.76 bits per heavy atom. The third kappa shape index (κ3) is 5.42. The zero-order valence-corrected chi connectivity index (χ0v) is 17.2. The van der Waals surface area contributed by atoms with Crippen molar-refractivity contribution in [2.24, 2.45) is 0 Å². The number of carbonyl (C=O) groups is 1. The van der Waals surface area contributed by atoms with E-state index in [2.05, 4.69) is 32.5 Å². The molecule has 2 amide bonds. The smallest absolute Gasteiger partial charge is 0.392 e. The first-order valence-corrected chi connectivity index (χ1v) is 11.3. The van der Waals surface area contributed by atoms with Crippen molar-refractivity contribution in [2.75, 3.05) is 49.5 Å². The van der Waals surface area contributed by atoms with Crippen molar-refractivity contribution in [2.45, 2.75) is 25.2 Å². The van der Waals surface area contributed by atoms with E-state index < -0.39 is 5.76 Å². The van der Waals surface area contributed by atoms with E-state index in [-0.39, 0.29) is 11.9 Å². The molecule has 2 aliphatic rings. The fourth-order valence-corrected chi connectivity index (χ4v) is 4.83. The van der Waals surface area contributed by atoms with Crippen LogP contribution in [0.5, 0.6) is 0 Å². The maximum atomic E-state index is 12.7. The molecule has 4 rings (SSSR count). The summed E-state index contributed by atoms with van der Waals surface area (Å²) < 4.78 is 5.06. The van der Waals surface area contributed by atoms with E-state index in [0.717, 1.165) is 31.5 Å². The number of urea groups is 1. The Morgan fingerprint density at radius 2 is 2.03 bits per heavy atom. The SMILES string of the molecule is O=C(Nc1ccc(CCN2CCSCC2)cc1)N1CCCC(c2n[nH]c(=O)o2)C1. The molecule has 0 bridgehead atoms. The van der Waals surface area contributed by atoms with E-state index in [1.807, 2.05) is 23.9 Å². The van der Waals surface area contributed by atoms with Crippen molar-refractivity contribution >= 4 is 23.5 Å². The molecule has 9 heteroatoms. The quantitative estimate of drug-likeness (QED) is 0.776. The van der Waals surface area contributed by atoms with Crippen LogP contribution in [0.15, 0.2) is 33.5 Å². The summed E-state index contributed by atoms with van der Waals surface area (Å²) in [6, 6.07) is 7.98. The van der Waals surface area contributed by atoms with Crippen molar-refractivity contribution in [3.8, 4) is 0 Å². The molecule has 8 nitrogen and oxygen atoms in total. The van der Waals surface area contributed by atoms with Crippen LogP contribution in [0.3, 0.4) is 0 Å². The summed E-state index contributed by atoms with van der Waals surface area (Å²) in [7, 11) is 0. The lowest BCUT2D eigenvalue weighted by Crippen LogP contribution is -2.41. The van der Waals surface area contributed by atoms with E-state index in [0.29, 0.717) is 19.0 Å². The van der Waals surface area contributed by atoms with Gasteiger partial charge in [-0.3, -0.25) is 0 Å². The van der Waals surface area contributed by atoms with Gasteiger partial charge in [-0.15, -0.1) is 5.10 Å². The van der Waals surface area contributed by atoms with E-state index in [9.17, 15) is 9.59 Å². The van der Waals surface area contributed by atoms with Gasteiger partial charge in [-0.05, 0) is 37.0 Å². The maximum absolute atomic E-state index is 12.7. The summed E-state index contributed by atoms with van der Waals surface area (Å²) in [6.45, 7) is 4.62. The number of nitrogens with zero attached hydrogens (tertiary/aromatic N) is 3. The number of hydrogen-bond donors (Lipinski definition) is 2. The van der Waals surface area contributed by atoms with Gasteiger partial charge in [0.2, 0.25) is 5.89 Å². The first-order chi connectivity index (χ1) is 14.2.